The van der Waals surface area contributed by atoms with Crippen LogP contribution in [0.15, 0.2) is 43.0 Å². The first-order valence-electron chi connectivity index (χ1n) is 6.29. The predicted octanol–water partition coefficient (Wildman–Crippen LogP) is 1.05. The summed E-state index contributed by atoms with van der Waals surface area (Å²) in [5, 5.41) is 2.31. The van der Waals surface area contributed by atoms with Crippen molar-refractivity contribution in [2.75, 3.05) is 13.7 Å². The molecule has 0 atom stereocenters. The van der Waals surface area contributed by atoms with Gasteiger partial charge in [0.05, 0.1) is 20.0 Å². The molecule has 0 saturated heterocycles. The van der Waals surface area contributed by atoms with Gasteiger partial charge in [0.15, 0.2) is 0 Å². The van der Waals surface area contributed by atoms with Gasteiger partial charge in [-0.1, -0.05) is 12.1 Å². The maximum Gasteiger partial charge on any atom is 0.127 e. The minimum Gasteiger partial charge on any atom is -0.496 e. The van der Waals surface area contributed by atoms with E-state index in [4.69, 9.17) is 4.74 Å². The van der Waals surface area contributed by atoms with Crippen molar-refractivity contribution in [1.82, 2.24) is 9.55 Å². The van der Waals surface area contributed by atoms with Gasteiger partial charge >= 0.3 is 0 Å². The zero-order valence-corrected chi connectivity index (χ0v) is 10.7. The molecule has 4 nitrogen and oxygen atoms in total. The van der Waals surface area contributed by atoms with Crippen molar-refractivity contribution in [1.29, 1.82) is 0 Å². The van der Waals surface area contributed by atoms with E-state index < -0.39 is 0 Å². The Bertz CT molecular complexity index is 454. The van der Waals surface area contributed by atoms with E-state index in [2.05, 4.69) is 27.0 Å². The molecule has 0 amide bonds. The van der Waals surface area contributed by atoms with E-state index in [1.165, 1.54) is 5.56 Å². The monoisotopic (exact) mass is 246 g/mol. The van der Waals surface area contributed by atoms with Gasteiger partial charge in [0.2, 0.25) is 0 Å². The van der Waals surface area contributed by atoms with Gasteiger partial charge < -0.3 is 14.6 Å². The maximum absolute atomic E-state index is 5.33. The summed E-state index contributed by atoms with van der Waals surface area (Å²) in [5.74, 6) is 0.975. The first-order chi connectivity index (χ1) is 8.90. The molecule has 1 aromatic carbocycles. The average Bonchev–Trinajstić information content (AvgIpc) is 2.92. The molecule has 2 rings (SSSR count). The van der Waals surface area contributed by atoms with Gasteiger partial charge in [0, 0.05) is 30.9 Å². The molecule has 96 valence electrons. The molecule has 0 unspecified atom stereocenters. The molecule has 0 fully saturated rings. The van der Waals surface area contributed by atoms with Gasteiger partial charge in [-0.25, -0.2) is 4.98 Å². The SMILES string of the molecule is COc1ccccc1C[NH2+]CCCn1ccnc1. The summed E-state index contributed by atoms with van der Waals surface area (Å²) >= 11 is 0. The summed E-state index contributed by atoms with van der Waals surface area (Å²) in [6.07, 6.45) is 6.82. The van der Waals surface area contributed by atoms with Crippen molar-refractivity contribution in [2.45, 2.75) is 19.5 Å². The number of nitrogens with zero attached hydrogens (tertiary/aromatic N) is 2. The highest BCUT2D eigenvalue weighted by molar-refractivity contribution is 5.32. The van der Waals surface area contributed by atoms with E-state index in [9.17, 15) is 0 Å². The Labute approximate surface area is 108 Å². The van der Waals surface area contributed by atoms with Crippen LogP contribution in [0.4, 0.5) is 0 Å². The first kappa shape index (κ1) is 12.6. The lowest BCUT2D eigenvalue weighted by atomic mass is 10.2. The molecule has 0 aliphatic rings. The molecular formula is C14H20N3O+. The van der Waals surface area contributed by atoms with Crippen LogP contribution in [-0.2, 0) is 13.1 Å². The summed E-state index contributed by atoms with van der Waals surface area (Å²) in [4.78, 5) is 4.03. The van der Waals surface area contributed by atoms with Crippen molar-refractivity contribution in [3.8, 4) is 5.75 Å². The van der Waals surface area contributed by atoms with E-state index in [1.54, 1.807) is 7.11 Å². The van der Waals surface area contributed by atoms with Crippen LogP contribution in [0.3, 0.4) is 0 Å². The zero-order valence-electron chi connectivity index (χ0n) is 10.7. The van der Waals surface area contributed by atoms with Crippen LogP contribution in [-0.4, -0.2) is 23.2 Å². The second kappa shape index (κ2) is 6.81. The topological polar surface area (TPSA) is 43.7 Å². The van der Waals surface area contributed by atoms with Crippen LogP contribution in [0.25, 0.3) is 0 Å². The molecule has 1 aromatic heterocycles. The van der Waals surface area contributed by atoms with Gasteiger partial charge in [0.25, 0.3) is 0 Å². The third-order valence-corrected chi connectivity index (χ3v) is 2.94. The zero-order chi connectivity index (χ0) is 12.6. The number of rotatable bonds is 7. The molecule has 0 bridgehead atoms. The van der Waals surface area contributed by atoms with Gasteiger partial charge in [-0.2, -0.15) is 0 Å². The largest absolute Gasteiger partial charge is 0.496 e. The second-order valence-electron chi connectivity index (χ2n) is 4.25. The Morgan fingerprint density at radius 3 is 3.00 bits per heavy atom. The summed E-state index contributed by atoms with van der Waals surface area (Å²) in [7, 11) is 1.72. The number of hydrogen-bond donors (Lipinski definition) is 1. The van der Waals surface area contributed by atoms with E-state index in [0.717, 1.165) is 31.8 Å². The quantitative estimate of drug-likeness (QED) is 0.742. The third-order valence-electron chi connectivity index (χ3n) is 2.94. The lowest BCUT2D eigenvalue weighted by Crippen LogP contribution is -2.82. The first-order valence-corrected chi connectivity index (χ1v) is 6.29. The fraction of sp³-hybridized carbons (Fsp3) is 0.357. The summed E-state index contributed by atoms with van der Waals surface area (Å²) < 4.78 is 7.44. The van der Waals surface area contributed by atoms with E-state index in [0.29, 0.717) is 0 Å². The Morgan fingerprint density at radius 2 is 2.22 bits per heavy atom. The van der Waals surface area contributed by atoms with Crippen LogP contribution in [0, 0.1) is 0 Å². The highest BCUT2D eigenvalue weighted by atomic mass is 16.5. The van der Waals surface area contributed by atoms with Crippen molar-refractivity contribution in [2.24, 2.45) is 0 Å². The normalized spacial score (nSPS) is 10.5. The molecule has 18 heavy (non-hydrogen) atoms. The number of imidazole rings is 1. The molecule has 0 spiro atoms. The highest BCUT2D eigenvalue weighted by Crippen LogP contribution is 2.15. The minimum absolute atomic E-state index is 0.966. The van der Waals surface area contributed by atoms with Crippen molar-refractivity contribution in [3.05, 3.63) is 48.5 Å². The second-order valence-corrected chi connectivity index (χ2v) is 4.25. The number of benzene rings is 1. The van der Waals surface area contributed by atoms with Crippen LogP contribution >= 0.6 is 0 Å². The van der Waals surface area contributed by atoms with Gasteiger partial charge in [-0.3, -0.25) is 0 Å². The molecule has 4 heteroatoms. The van der Waals surface area contributed by atoms with Crippen molar-refractivity contribution in [3.63, 3.8) is 0 Å². The number of nitrogens with two attached hydrogens (primary N) is 1. The van der Waals surface area contributed by atoms with Gasteiger partial charge in [0.1, 0.15) is 12.3 Å². The van der Waals surface area contributed by atoms with Crippen LogP contribution in [0.1, 0.15) is 12.0 Å². The molecule has 1 heterocycles. The predicted molar refractivity (Wildman–Crippen MR) is 70.3 cm³/mol. The maximum atomic E-state index is 5.33. The molecule has 2 aromatic rings. The molecule has 0 saturated carbocycles. The Morgan fingerprint density at radius 1 is 1.33 bits per heavy atom. The number of aromatic nitrogens is 2. The van der Waals surface area contributed by atoms with Crippen molar-refractivity contribution < 1.29 is 10.1 Å². The molecule has 2 N–H and O–H groups in total. The number of quaternary nitrogens is 1. The minimum atomic E-state index is 0.966. The summed E-state index contributed by atoms with van der Waals surface area (Å²) in [6, 6.07) is 8.18. The van der Waals surface area contributed by atoms with Gasteiger partial charge in [-0.05, 0) is 12.1 Å². The number of aryl methyl sites for hydroxylation is 1. The van der Waals surface area contributed by atoms with Crippen molar-refractivity contribution >= 4 is 0 Å². The third kappa shape index (κ3) is 3.60. The fourth-order valence-corrected chi connectivity index (χ4v) is 1.97. The summed E-state index contributed by atoms with van der Waals surface area (Å²) in [6.45, 7) is 3.10. The smallest absolute Gasteiger partial charge is 0.127 e. The summed E-state index contributed by atoms with van der Waals surface area (Å²) in [5.41, 5.74) is 1.25. The molecule has 0 aliphatic carbocycles. The highest BCUT2D eigenvalue weighted by Gasteiger charge is 2.02. The van der Waals surface area contributed by atoms with Crippen LogP contribution in [0.2, 0.25) is 0 Å². The fourth-order valence-electron chi connectivity index (χ4n) is 1.97. The van der Waals surface area contributed by atoms with Crippen LogP contribution in [0.5, 0.6) is 5.75 Å². The lowest BCUT2D eigenvalue weighted by molar-refractivity contribution is -0.671. The van der Waals surface area contributed by atoms with Crippen LogP contribution < -0.4 is 10.1 Å². The number of ether oxygens (including phenoxy) is 1. The number of para-hydroxylation sites is 1. The molecule has 0 radical (unpaired) electrons. The van der Waals surface area contributed by atoms with E-state index in [1.807, 2.05) is 30.9 Å². The molecule has 0 aliphatic heterocycles. The standard InChI is InChI=1S/C14H19N3O/c1-18-14-6-3-2-5-13(14)11-15-7-4-9-17-10-8-16-12-17/h2-3,5-6,8,10,12,15H,4,7,9,11H2,1H3/p+1. The molecular weight excluding hydrogens is 226 g/mol. The van der Waals surface area contributed by atoms with E-state index in [-0.39, 0.29) is 0 Å². The number of hydrogen-bond acceptors (Lipinski definition) is 2. The number of methoxy groups -OCH3 is 1. The Hall–Kier alpha value is -1.81. The average molecular weight is 246 g/mol. The Kier molecular flexibility index (Phi) is 4.78. The Balaban J connectivity index is 1.69. The lowest BCUT2D eigenvalue weighted by Gasteiger charge is -2.07. The van der Waals surface area contributed by atoms with E-state index >= 15 is 0 Å². The van der Waals surface area contributed by atoms with Gasteiger partial charge in [-0.15, -0.1) is 0 Å².